The Bertz CT molecular complexity index is 446. The molecule has 0 saturated carbocycles. The molecule has 2 rings (SSSR count). The number of aromatic nitrogens is 4. The van der Waals surface area contributed by atoms with Crippen molar-refractivity contribution in [3.8, 4) is 0 Å². The number of hydrogen-bond acceptors (Lipinski definition) is 5. The van der Waals surface area contributed by atoms with Gasteiger partial charge in [-0.2, -0.15) is 0 Å². The van der Waals surface area contributed by atoms with E-state index in [1.54, 1.807) is 11.8 Å². The van der Waals surface area contributed by atoms with Crippen LogP contribution in [0.5, 0.6) is 0 Å². The molecule has 1 saturated heterocycles. The van der Waals surface area contributed by atoms with Gasteiger partial charge in [-0.3, -0.25) is 9.59 Å². The minimum absolute atomic E-state index is 0.0443. The second kappa shape index (κ2) is 4.71. The Morgan fingerprint density at radius 2 is 2.28 bits per heavy atom. The Morgan fingerprint density at radius 3 is 2.89 bits per heavy atom. The predicted molar refractivity (Wildman–Crippen MR) is 59.4 cm³/mol. The number of piperidine rings is 1. The van der Waals surface area contributed by atoms with Gasteiger partial charge in [-0.05, 0) is 30.2 Å². The summed E-state index contributed by atoms with van der Waals surface area (Å²) in [5.41, 5.74) is -0.853. The van der Waals surface area contributed by atoms with E-state index in [0.29, 0.717) is 19.4 Å². The summed E-state index contributed by atoms with van der Waals surface area (Å²) in [4.78, 5) is 24.7. The number of carbonyl (C=O) groups is 2. The summed E-state index contributed by atoms with van der Waals surface area (Å²) in [6.07, 6.45) is 2.65. The van der Waals surface area contributed by atoms with E-state index < -0.39 is 11.4 Å². The minimum atomic E-state index is -0.859. The molecule has 1 aliphatic rings. The highest BCUT2D eigenvalue weighted by atomic mass is 16.4. The van der Waals surface area contributed by atoms with Crippen LogP contribution in [0.2, 0.25) is 0 Å². The first-order valence-corrected chi connectivity index (χ1v) is 5.73. The zero-order valence-corrected chi connectivity index (χ0v) is 10.1. The van der Waals surface area contributed by atoms with Gasteiger partial charge < -0.3 is 10.0 Å². The summed E-state index contributed by atoms with van der Waals surface area (Å²) in [6.45, 7) is 2.54. The number of aliphatic carboxylic acids is 1. The largest absolute Gasteiger partial charge is 0.481 e. The van der Waals surface area contributed by atoms with Crippen LogP contribution in [0.1, 0.15) is 19.8 Å². The summed E-state index contributed by atoms with van der Waals surface area (Å²) in [7, 11) is 0. The number of tetrazole rings is 1. The Balaban J connectivity index is 2.00. The van der Waals surface area contributed by atoms with E-state index >= 15 is 0 Å². The van der Waals surface area contributed by atoms with Gasteiger partial charge in [0.2, 0.25) is 5.91 Å². The SMILES string of the molecule is CC1(C(=O)O)CCCN(C(=O)Cn2cnnn2)C1. The van der Waals surface area contributed by atoms with Gasteiger partial charge in [0.25, 0.3) is 0 Å². The van der Waals surface area contributed by atoms with Crippen LogP contribution in [0.25, 0.3) is 0 Å². The number of hydrogen-bond donors (Lipinski definition) is 1. The highest BCUT2D eigenvalue weighted by molar-refractivity contribution is 5.79. The van der Waals surface area contributed by atoms with E-state index in [-0.39, 0.29) is 19.0 Å². The fourth-order valence-corrected chi connectivity index (χ4v) is 2.12. The summed E-state index contributed by atoms with van der Waals surface area (Å²) >= 11 is 0. The fraction of sp³-hybridized carbons (Fsp3) is 0.700. The summed E-state index contributed by atoms with van der Waals surface area (Å²) in [6, 6.07) is 0. The normalized spacial score (nSPS) is 23.9. The van der Waals surface area contributed by atoms with Crippen molar-refractivity contribution in [3.05, 3.63) is 6.33 Å². The predicted octanol–water partition coefficient (Wildman–Crippen LogP) is -0.614. The number of rotatable bonds is 3. The Hall–Kier alpha value is -1.99. The van der Waals surface area contributed by atoms with Crippen LogP contribution in [0, 0.1) is 5.41 Å². The summed E-state index contributed by atoms with van der Waals surface area (Å²) in [5, 5.41) is 19.7. The van der Waals surface area contributed by atoms with Gasteiger partial charge in [-0.1, -0.05) is 0 Å². The molecular weight excluding hydrogens is 238 g/mol. The lowest BCUT2D eigenvalue weighted by atomic mass is 9.82. The molecule has 8 nitrogen and oxygen atoms in total. The number of amides is 1. The van der Waals surface area contributed by atoms with Crippen LogP contribution >= 0.6 is 0 Å². The third-order valence-electron chi connectivity index (χ3n) is 3.25. The highest BCUT2D eigenvalue weighted by Crippen LogP contribution is 2.29. The highest BCUT2D eigenvalue weighted by Gasteiger charge is 2.39. The molecule has 18 heavy (non-hydrogen) atoms. The zero-order chi connectivity index (χ0) is 13.2. The van der Waals surface area contributed by atoms with E-state index in [4.69, 9.17) is 0 Å². The second-order valence-corrected chi connectivity index (χ2v) is 4.79. The van der Waals surface area contributed by atoms with Crippen LogP contribution in [0.4, 0.5) is 0 Å². The third-order valence-corrected chi connectivity index (χ3v) is 3.25. The topological polar surface area (TPSA) is 101 Å². The van der Waals surface area contributed by atoms with Crippen molar-refractivity contribution in [2.75, 3.05) is 13.1 Å². The quantitative estimate of drug-likeness (QED) is 0.770. The molecule has 0 aliphatic carbocycles. The van der Waals surface area contributed by atoms with Crippen molar-refractivity contribution in [2.24, 2.45) is 5.41 Å². The van der Waals surface area contributed by atoms with Gasteiger partial charge in [0.05, 0.1) is 5.41 Å². The van der Waals surface area contributed by atoms with Crippen molar-refractivity contribution in [1.82, 2.24) is 25.1 Å². The average molecular weight is 253 g/mol. The number of carboxylic acids is 1. The molecule has 0 aromatic carbocycles. The molecule has 0 bridgehead atoms. The van der Waals surface area contributed by atoms with E-state index in [0.717, 1.165) is 0 Å². The minimum Gasteiger partial charge on any atom is -0.481 e. The van der Waals surface area contributed by atoms with Crippen molar-refractivity contribution in [2.45, 2.75) is 26.3 Å². The average Bonchev–Trinajstić information content (AvgIpc) is 2.81. The number of carbonyl (C=O) groups excluding carboxylic acids is 1. The van der Waals surface area contributed by atoms with E-state index in [9.17, 15) is 14.7 Å². The molecule has 2 heterocycles. The van der Waals surface area contributed by atoms with Crippen LogP contribution in [0.15, 0.2) is 6.33 Å². The molecule has 1 amide bonds. The van der Waals surface area contributed by atoms with E-state index in [2.05, 4.69) is 15.5 Å². The summed E-state index contributed by atoms with van der Waals surface area (Å²) in [5.74, 6) is -1.02. The first-order chi connectivity index (χ1) is 8.51. The molecule has 1 fully saturated rings. The molecular formula is C10H15N5O3. The van der Waals surface area contributed by atoms with E-state index in [1.807, 2.05) is 0 Å². The van der Waals surface area contributed by atoms with Crippen molar-refractivity contribution in [3.63, 3.8) is 0 Å². The molecule has 1 aromatic heterocycles. The smallest absolute Gasteiger partial charge is 0.311 e. The van der Waals surface area contributed by atoms with Gasteiger partial charge in [-0.25, -0.2) is 4.68 Å². The Labute approximate surface area is 104 Å². The second-order valence-electron chi connectivity index (χ2n) is 4.79. The number of likely N-dealkylation sites (tertiary alicyclic amines) is 1. The molecule has 1 N–H and O–H groups in total. The van der Waals surface area contributed by atoms with Crippen LogP contribution < -0.4 is 0 Å². The zero-order valence-electron chi connectivity index (χ0n) is 10.1. The van der Waals surface area contributed by atoms with Gasteiger partial charge in [0.15, 0.2) is 0 Å². The van der Waals surface area contributed by atoms with Gasteiger partial charge >= 0.3 is 5.97 Å². The lowest BCUT2D eigenvalue weighted by molar-refractivity contribution is -0.153. The van der Waals surface area contributed by atoms with Crippen LogP contribution in [-0.2, 0) is 16.1 Å². The van der Waals surface area contributed by atoms with Crippen molar-refractivity contribution < 1.29 is 14.7 Å². The fourth-order valence-electron chi connectivity index (χ4n) is 2.12. The van der Waals surface area contributed by atoms with Crippen LogP contribution in [-0.4, -0.2) is 55.2 Å². The monoisotopic (exact) mass is 253 g/mol. The maximum atomic E-state index is 12.0. The molecule has 8 heteroatoms. The van der Waals surface area contributed by atoms with Gasteiger partial charge in [0, 0.05) is 13.1 Å². The van der Waals surface area contributed by atoms with Gasteiger partial charge in [-0.15, -0.1) is 5.10 Å². The first-order valence-electron chi connectivity index (χ1n) is 5.73. The van der Waals surface area contributed by atoms with Crippen LogP contribution in [0.3, 0.4) is 0 Å². The van der Waals surface area contributed by atoms with Crippen molar-refractivity contribution in [1.29, 1.82) is 0 Å². The maximum absolute atomic E-state index is 12.0. The molecule has 1 atom stereocenters. The standard InChI is InChI=1S/C10H15N5O3/c1-10(9(17)18)3-2-4-14(6-10)8(16)5-15-7-11-12-13-15/h7H,2-6H2,1H3,(H,17,18). The van der Waals surface area contributed by atoms with Crippen molar-refractivity contribution >= 4 is 11.9 Å². The third kappa shape index (κ3) is 2.47. The summed E-state index contributed by atoms with van der Waals surface area (Å²) < 4.78 is 1.33. The molecule has 98 valence electrons. The maximum Gasteiger partial charge on any atom is 0.311 e. The lowest BCUT2D eigenvalue weighted by Crippen LogP contribution is -2.49. The Morgan fingerprint density at radius 1 is 1.50 bits per heavy atom. The number of nitrogens with zero attached hydrogens (tertiary/aromatic N) is 5. The lowest BCUT2D eigenvalue weighted by Gasteiger charge is -2.37. The molecule has 0 spiro atoms. The van der Waals surface area contributed by atoms with Gasteiger partial charge in [0.1, 0.15) is 12.9 Å². The molecule has 1 aliphatic heterocycles. The Kier molecular flexibility index (Phi) is 3.26. The number of carboxylic acid groups (broad SMARTS) is 1. The first kappa shape index (κ1) is 12.5. The molecule has 0 radical (unpaired) electrons. The molecule has 1 unspecified atom stereocenters. The van der Waals surface area contributed by atoms with E-state index in [1.165, 1.54) is 11.0 Å². The molecule has 1 aromatic rings.